The minimum atomic E-state index is -4.35. The summed E-state index contributed by atoms with van der Waals surface area (Å²) in [5.74, 6) is -3.38. The lowest BCUT2D eigenvalue weighted by atomic mass is 9.89. The molecule has 3 aromatic carbocycles. The zero-order valence-electron chi connectivity index (χ0n) is 27.2. The minimum Gasteiger partial charge on any atom is -0.506 e. The lowest BCUT2D eigenvalue weighted by Gasteiger charge is -2.33. The second-order valence-electron chi connectivity index (χ2n) is 12.9. The van der Waals surface area contributed by atoms with Crippen LogP contribution in [0.4, 0.5) is 15.8 Å². The Hall–Kier alpha value is -5.29. The molecule has 1 unspecified atom stereocenters. The molecule has 0 radical (unpaired) electrons. The van der Waals surface area contributed by atoms with E-state index in [1.165, 1.54) is 38.3 Å². The van der Waals surface area contributed by atoms with Gasteiger partial charge in [0.2, 0.25) is 17.7 Å². The van der Waals surface area contributed by atoms with Crippen LogP contribution >= 0.6 is 0 Å². The van der Waals surface area contributed by atoms with Crippen LogP contribution in [-0.4, -0.2) is 84.4 Å². The monoisotopic (exact) mass is 707 g/mol. The number of phenolic OH excluding ortho intramolecular Hbond substituents is 1. The maximum Gasteiger partial charge on any atom is 0.329 e. The number of phenols is 1. The lowest BCUT2D eigenvalue weighted by molar-refractivity contribution is -0.135. The SMILES string of the molecule is CN(C(=O)CN1CCC(c2ccc3c(c2)n(C)c(=O)n3C2CCC(=O)NC2=O)CC1)c1ccc2c(F)c(N3CC(=O)NS3(=O)=O)c(O)cc2c1. The van der Waals surface area contributed by atoms with E-state index in [4.69, 9.17) is 0 Å². The first kappa shape index (κ1) is 33.2. The Morgan fingerprint density at radius 2 is 1.74 bits per heavy atom. The number of anilines is 2. The van der Waals surface area contributed by atoms with Crippen LogP contribution in [0.15, 0.2) is 47.3 Å². The van der Waals surface area contributed by atoms with Crippen molar-refractivity contribution in [3.05, 3.63) is 64.3 Å². The number of aryl methyl sites for hydroxylation is 1. The van der Waals surface area contributed by atoms with Gasteiger partial charge < -0.3 is 10.0 Å². The van der Waals surface area contributed by atoms with Gasteiger partial charge >= 0.3 is 15.9 Å². The van der Waals surface area contributed by atoms with Crippen molar-refractivity contribution in [3.8, 4) is 5.75 Å². The van der Waals surface area contributed by atoms with Gasteiger partial charge in [0.15, 0.2) is 5.82 Å². The van der Waals surface area contributed by atoms with Crippen molar-refractivity contribution >= 4 is 67.0 Å². The smallest absolute Gasteiger partial charge is 0.329 e. The molecule has 262 valence electrons. The Morgan fingerprint density at radius 1 is 1.00 bits per heavy atom. The molecule has 3 N–H and O–H groups in total. The highest BCUT2D eigenvalue weighted by atomic mass is 32.2. The number of imidazole rings is 1. The molecule has 1 atom stereocenters. The number of amides is 4. The summed E-state index contributed by atoms with van der Waals surface area (Å²) >= 11 is 0. The molecule has 4 amide bonds. The van der Waals surface area contributed by atoms with Crippen molar-refractivity contribution in [1.82, 2.24) is 24.1 Å². The van der Waals surface area contributed by atoms with Crippen molar-refractivity contribution in [3.63, 3.8) is 0 Å². The number of likely N-dealkylation sites (tertiary alicyclic amines) is 1. The molecule has 0 aliphatic carbocycles. The molecule has 0 spiro atoms. The van der Waals surface area contributed by atoms with E-state index in [2.05, 4.69) is 5.32 Å². The van der Waals surface area contributed by atoms with E-state index in [1.54, 1.807) is 18.8 Å². The summed E-state index contributed by atoms with van der Waals surface area (Å²) in [4.78, 5) is 65.8. The van der Waals surface area contributed by atoms with Crippen LogP contribution in [0.3, 0.4) is 0 Å². The standard InChI is InChI=1S/C33H34FN7O8S/c1-37(21-4-5-22-20(13-21)15-26(42)31(30(22)34)40-16-28(44)36-50(40,48)49)29(45)17-39-11-9-18(10-12-39)19-3-6-23-25(14-19)38(2)33(47)41(23)24-7-8-27(43)35-32(24)46/h3-6,13-15,18,24,42H,7-12,16-17H2,1-2H3,(H,36,44)(H,35,43,46). The molecule has 4 heterocycles. The summed E-state index contributed by atoms with van der Waals surface area (Å²) in [7, 11) is -1.09. The second kappa shape index (κ2) is 12.2. The molecule has 1 aromatic heterocycles. The van der Waals surface area contributed by atoms with Crippen LogP contribution in [0, 0.1) is 5.82 Å². The lowest BCUT2D eigenvalue weighted by Crippen LogP contribution is -2.44. The molecule has 50 heavy (non-hydrogen) atoms. The van der Waals surface area contributed by atoms with Gasteiger partial charge in [-0.3, -0.25) is 38.5 Å². The fraction of sp³-hybridized carbons (Fsp3) is 0.364. The molecule has 3 saturated heterocycles. The number of carbonyl (C=O) groups excluding carboxylic acids is 4. The number of carbonyl (C=O) groups is 4. The van der Waals surface area contributed by atoms with Gasteiger partial charge in [-0.05, 0) is 85.6 Å². The number of benzene rings is 3. The normalized spacial score (nSPS) is 20.0. The number of likely N-dealkylation sites (N-methyl/N-ethyl adjacent to an activating group) is 1. The largest absolute Gasteiger partial charge is 0.506 e. The third kappa shape index (κ3) is 5.65. The van der Waals surface area contributed by atoms with E-state index in [1.807, 2.05) is 23.1 Å². The Bertz CT molecular complexity index is 2290. The summed E-state index contributed by atoms with van der Waals surface area (Å²) in [6.45, 7) is 0.765. The maximum atomic E-state index is 15.5. The molecule has 3 aliphatic rings. The zero-order chi connectivity index (χ0) is 35.6. The summed E-state index contributed by atoms with van der Waals surface area (Å²) in [5, 5.41) is 13.1. The van der Waals surface area contributed by atoms with E-state index >= 15 is 4.39 Å². The molecule has 17 heteroatoms. The summed E-state index contributed by atoms with van der Waals surface area (Å²) < 4.78 is 45.2. The number of nitrogens with one attached hydrogen (secondary N) is 2. The highest BCUT2D eigenvalue weighted by Crippen LogP contribution is 2.39. The van der Waals surface area contributed by atoms with Gasteiger partial charge in [0.1, 0.15) is 24.0 Å². The van der Waals surface area contributed by atoms with Gasteiger partial charge in [-0.25, -0.2) is 18.2 Å². The molecule has 3 aliphatic heterocycles. The first-order valence-corrected chi connectivity index (χ1v) is 17.5. The third-order valence-electron chi connectivity index (χ3n) is 9.90. The molecule has 4 aromatic rings. The van der Waals surface area contributed by atoms with Gasteiger partial charge in [-0.15, -0.1) is 0 Å². The first-order valence-electron chi connectivity index (χ1n) is 16.1. The molecular weight excluding hydrogens is 673 g/mol. The third-order valence-corrected chi connectivity index (χ3v) is 11.3. The second-order valence-corrected chi connectivity index (χ2v) is 14.5. The van der Waals surface area contributed by atoms with Crippen LogP contribution in [-0.2, 0) is 36.4 Å². The maximum absolute atomic E-state index is 15.5. The Balaban J connectivity index is 1.02. The number of hydrogen-bond acceptors (Lipinski definition) is 9. The quantitative estimate of drug-likeness (QED) is 0.249. The number of rotatable bonds is 6. The fourth-order valence-electron chi connectivity index (χ4n) is 7.15. The van der Waals surface area contributed by atoms with Crippen LogP contribution in [0.2, 0.25) is 0 Å². The van der Waals surface area contributed by atoms with Crippen LogP contribution < -0.4 is 24.9 Å². The number of hydrogen-bond donors (Lipinski definition) is 3. The van der Waals surface area contributed by atoms with Gasteiger partial charge in [0.05, 0.1) is 17.6 Å². The number of nitrogens with zero attached hydrogens (tertiary/aromatic N) is 5. The Labute approximate surface area is 285 Å². The van der Waals surface area contributed by atoms with Crippen molar-refractivity contribution in [2.45, 2.75) is 37.6 Å². The molecule has 15 nitrogen and oxygen atoms in total. The number of aromatic hydroxyl groups is 1. The van der Waals surface area contributed by atoms with E-state index in [-0.39, 0.29) is 53.6 Å². The molecular formula is C33H34FN7O8S. The highest BCUT2D eigenvalue weighted by molar-refractivity contribution is 7.92. The number of imide groups is 1. The van der Waals surface area contributed by atoms with Crippen LogP contribution in [0.1, 0.15) is 43.2 Å². The van der Waals surface area contributed by atoms with Crippen molar-refractivity contribution < 1.29 is 37.1 Å². The predicted molar refractivity (Wildman–Crippen MR) is 180 cm³/mol. The van der Waals surface area contributed by atoms with E-state index < -0.39 is 51.9 Å². The average Bonchev–Trinajstić information content (AvgIpc) is 3.49. The van der Waals surface area contributed by atoms with Crippen molar-refractivity contribution in [1.29, 1.82) is 0 Å². The first-order chi connectivity index (χ1) is 23.7. The minimum absolute atomic E-state index is 0.00446. The molecule has 0 saturated carbocycles. The highest BCUT2D eigenvalue weighted by Gasteiger charge is 2.38. The van der Waals surface area contributed by atoms with Crippen LogP contribution in [0.25, 0.3) is 21.8 Å². The predicted octanol–water partition coefficient (Wildman–Crippen LogP) is 1.34. The summed E-state index contributed by atoms with van der Waals surface area (Å²) in [5.41, 5.74) is 1.86. The van der Waals surface area contributed by atoms with Crippen LogP contribution in [0.5, 0.6) is 5.75 Å². The summed E-state index contributed by atoms with van der Waals surface area (Å²) in [6.07, 6.45) is 1.97. The Morgan fingerprint density at radius 3 is 2.42 bits per heavy atom. The van der Waals surface area contributed by atoms with Gasteiger partial charge in [-0.2, -0.15) is 8.42 Å². The van der Waals surface area contributed by atoms with E-state index in [9.17, 15) is 37.5 Å². The van der Waals surface area contributed by atoms with Crippen molar-refractivity contribution in [2.24, 2.45) is 7.05 Å². The number of aromatic nitrogens is 2. The van der Waals surface area contributed by atoms with E-state index in [0.717, 1.165) is 18.4 Å². The van der Waals surface area contributed by atoms with Gasteiger partial charge in [0.25, 0.3) is 5.91 Å². The van der Waals surface area contributed by atoms with Gasteiger partial charge in [0, 0.05) is 31.6 Å². The molecule has 0 bridgehead atoms. The summed E-state index contributed by atoms with van der Waals surface area (Å²) in [6, 6.07) is 10.7. The molecule has 3 fully saturated rings. The fourth-order valence-corrected chi connectivity index (χ4v) is 8.31. The number of fused-ring (bicyclic) bond motifs is 2. The van der Waals surface area contributed by atoms with Crippen molar-refractivity contribution in [2.75, 3.05) is 42.4 Å². The topological polar surface area (TPSA) is 183 Å². The number of piperidine rings is 2. The van der Waals surface area contributed by atoms with E-state index in [0.29, 0.717) is 34.1 Å². The van der Waals surface area contributed by atoms with Gasteiger partial charge in [-0.1, -0.05) is 6.07 Å². The zero-order valence-corrected chi connectivity index (χ0v) is 28.0. The molecule has 7 rings (SSSR count). The average molecular weight is 708 g/mol. The Kier molecular flexibility index (Phi) is 8.13. The number of halogens is 1.